The maximum Gasteiger partial charge on any atom is 0.167 e. The molecule has 3 aromatic rings. The standard InChI is InChI=1S/C20H25N5O4/c1-2-6-13(12-7-4-3-5-8-12)28-9-14-16(26)17(27)20(29-14)25-11-24-15-18(21)22-10-23-19(15)25/h3-5,7-8,10-11,13-14,16-17,20,26-27H,2,6,9H2,1H3,(H2,21,22,23)/t13?,14-,16-,17-,20-/m1/s1. The van der Waals surface area contributed by atoms with E-state index in [0.717, 1.165) is 18.4 Å². The van der Waals surface area contributed by atoms with E-state index in [0.29, 0.717) is 11.2 Å². The minimum Gasteiger partial charge on any atom is -0.387 e. The zero-order valence-corrected chi connectivity index (χ0v) is 16.1. The van der Waals surface area contributed by atoms with Gasteiger partial charge in [0.05, 0.1) is 19.0 Å². The summed E-state index contributed by atoms with van der Waals surface area (Å²) in [6.07, 6.45) is 0.714. The topological polar surface area (TPSA) is 129 Å². The molecule has 3 heterocycles. The fourth-order valence-corrected chi connectivity index (χ4v) is 3.64. The van der Waals surface area contributed by atoms with E-state index >= 15 is 0 Å². The van der Waals surface area contributed by atoms with Crippen molar-refractivity contribution < 1.29 is 19.7 Å². The minimum absolute atomic E-state index is 0.102. The van der Waals surface area contributed by atoms with Gasteiger partial charge in [-0.15, -0.1) is 0 Å². The predicted molar refractivity (Wildman–Crippen MR) is 106 cm³/mol. The summed E-state index contributed by atoms with van der Waals surface area (Å²) in [5, 5.41) is 21.1. The van der Waals surface area contributed by atoms with Gasteiger partial charge in [-0.25, -0.2) is 15.0 Å². The second-order valence-corrected chi connectivity index (χ2v) is 7.15. The predicted octanol–water partition coefficient (Wildman–Crippen LogP) is 1.59. The number of nitrogens with two attached hydrogens (primary N) is 1. The van der Waals surface area contributed by atoms with E-state index in [4.69, 9.17) is 15.2 Å². The van der Waals surface area contributed by atoms with Crippen molar-refractivity contribution in [1.29, 1.82) is 0 Å². The zero-order chi connectivity index (χ0) is 20.4. The van der Waals surface area contributed by atoms with Gasteiger partial charge in [-0.05, 0) is 12.0 Å². The number of aliphatic hydroxyl groups is 2. The Kier molecular flexibility index (Phi) is 5.72. The average Bonchev–Trinajstić information content (AvgIpc) is 3.29. The lowest BCUT2D eigenvalue weighted by molar-refractivity contribution is -0.0831. The van der Waals surface area contributed by atoms with Gasteiger partial charge in [0.1, 0.15) is 30.2 Å². The molecule has 5 atom stereocenters. The minimum atomic E-state index is -1.15. The van der Waals surface area contributed by atoms with Crippen LogP contribution in [0.15, 0.2) is 43.0 Å². The molecule has 1 saturated heterocycles. The maximum atomic E-state index is 10.6. The van der Waals surface area contributed by atoms with Gasteiger partial charge in [0, 0.05) is 0 Å². The highest BCUT2D eigenvalue weighted by Gasteiger charge is 2.44. The second-order valence-electron chi connectivity index (χ2n) is 7.15. The van der Waals surface area contributed by atoms with Crippen molar-refractivity contribution in [3.05, 3.63) is 48.5 Å². The summed E-state index contributed by atoms with van der Waals surface area (Å²) in [5.41, 5.74) is 7.75. The number of rotatable bonds is 7. The smallest absolute Gasteiger partial charge is 0.167 e. The molecule has 9 heteroatoms. The molecule has 0 spiro atoms. The van der Waals surface area contributed by atoms with Crippen LogP contribution in [0.3, 0.4) is 0 Å². The average molecular weight is 399 g/mol. The quantitative estimate of drug-likeness (QED) is 0.546. The molecule has 9 nitrogen and oxygen atoms in total. The fraction of sp³-hybridized carbons (Fsp3) is 0.450. The Balaban J connectivity index is 1.49. The molecular weight excluding hydrogens is 374 g/mol. The Morgan fingerprint density at radius 3 is 2.72 bits per heavy atom. The number of benzene rings is 1. The molecule has 0 amide bonds. The van der Waals surface area contributed by atoms with Gasteiger partial charge in [0.15, 0.2) is 17.7 Å². The van der Waals surface area contributed by atoms with Crippen LogP contribution in [0.25, 0.3) is 11.2 Å². The van der Waals surface area contributed by atoms with Gasteiger partial charge in [-0.3, -0.25) is 4.57 Å². The monoisotopic (exact) mass is 399 g/mol. The van der Waals surface area contributed by atoms with Crippen LogP contribution in [0.4, 0.5) is 5.82 Å². The van der Waals surface area contributed by atoms with E-state index in [1.165, 1.54) is 12.7 Å². The number of aliphatic hydroxyl groups excluding tert-OH is 2. The summed E-state index contributed by atoms with van der Waals surface area (Å²) < 4.78 is 13.6. The summed E-state index contributed by atoms with van der Waals surface area (Å²) in [4.78, 5) is 12.3. The molecule has 0 aliphatic carbocycles. The van der Waals surface area contributed by atoms with E-state index in [-0.39, 0.29) is 18.5 Å². The van der Waals surface area contributed by atoms with Crippen molar-refractivity contribution in [3.8, 4) is 0 Å². The van der Waals surface area contributed by atoms with Crippen LogP contribution in [0.5, 0.6) is 0 Å². The molecule has 2 aromatic heterocycles. The number of nitrogen functional groups attached to an aromatic ring is 1. The molecule has 1 aromatic carbocycles. The number of aromatic nitrogens is 4. The number of ether oxygens (including phenoxy) is 2. The largest absolute Gasteiger partial charge is 0.387 e. The number of imidazole rings is 1. The highest BCUT2D eigenvalue weighted by molar-refractivity contribution is 5.81. The fourth-order valence-electron chi connectivity index (χ4n) is 3.64. The van der Waals surface area contributed by atoms with Crippen LogP contribution in [0, 0.1) is 0 Å². The van der Waals surface area contributed by atoms with Gasteiger partial charge in [-0.2, -0.15) is 0 Å². The highest BCUT2D eigenvalue weighted by Crippen LogP contribution is 2.33. The third-order valence-corrected chi connectivity index (χ3v) is 5.18. The Hall–Kier alpha value is -2.59. The van der Waals surface area contributed by atoms with E-state index in [2.05, 4.69) is 21.9 Å². The van der Waals surface area contributed by atoms with E-state index in [9.17, 15) is 10.2 Å². The summed E-state index contributed by atoms with van der Waals surface area (Å²) in [6, 6.07) is 9.94. The van der Waals surface area contributed by atoms with Crippen molar-refractivity contribution >= 4 is 17.0 Å². The summed E-state index contributed by atoms with van der Waals surface area (Å²) >= 11 is 0. The van der Waals surface area contributed by atoms with Crippen LogP contribution in [-0.2, 0) is 9.47 Å². The lowest BCUT2D eigenvalue weighted by Gasteiger charge is -2.21. The van der Waals surface area contributed by atoms with E-state index in [1.807, 2.05) is 30.3 Å². The SMILES string of the molecule is CCCC(OC[C@H]1O[C@@H](n2cnc3c(N)ncnc32)[C@H](O)[C@@H]1O)c1ccccc1. The first-order chi connectivity index (χ1) is 14.1. The molecule has 1 fully saturated rings. The molecular formula is C20H25N5O4. The van der Waals surface area contributed by atoms with Crippen molar-refractivity contribution in [2.45, 2.75) is 50.4 Å². The molecule has 4 rings (SSSR count). The van der Waals surface area contributed by atoms with Gasteiger partial charge < -0.3 is 25.4 Å². The zero-order valence-electron chi connectivity index (χ0n) is 16.1. The lowest BCUT2D eigenvalue weighted by Crippen LogP contribution is -2.34. The third kappa shape index (κ3) is 3.82. The summed E-state index contributed by atoms with van der Waals surface area (Å²) in [7, 11) is 0. The van der Waals surface area contributed by atoms with Crippen LogP contribution >= 0.6 is 0 Å². The molecule has 0 saturated carbocycles. The number of anilines is 1. The molecule has 154 valence electrons. The van der Waals surface area contributed by atoms with Crippen LogP contribution < -0.4 is 5.73 Å². The van der Waals surface area contributed by atoms with Crippen molar-refractivity contribution in [2.24, 2.45) is 0 Å². The van der Waals surface area contributed by atoms with Crippen molar-refractivity contribution in [1.82, 2.24) is 19.5 Å². The first kappa shape index (κ1) is 19.7. The van der Waals surface area contributed by atoms with E-state index < -0.39 is 24.5 Å². The number of nitrogens with zero attached hydrogens (tertiary/aromatic N) is 4. The lowest BCUT2D eigenvalue weighted by atomic mass is 10.1. The molecule has 1 aliphatic heterocycles. The Morgan fingerprint density at radius 1 is 1.17 bits per heavy atom. The van der Waals surface area contributed by atoms with Crippen molar-refractivity contribution in [2.75, 3.05) is 12.3 Å². The molecule has 1 unspecified atom stereocenters. The van der Waals surface area contributed by atoms with Crippen LogP contribution in [-0.4, -0.2) is 54.7 Å². The van der Waals surface area contributed by atoms with E-state index in [1.54, 1.807) is 4.57 Å². The van der Waals surface area contributed by atoms with Crippen molar-refractivity contribution in [3.63, 3.8) is 0 Å². The van der Waals surface area contributed by atoms with Gasteiger partial charge in [-0.1, -0.05) is 43.7 Å². The Bertz CT molecular complexity index is 950. The number of hydrogen-bond donors (Lipinski definition) is 3. The molecule has 1 aliphatic rings. The summed E-state index contributed by atoms with van der Waals surface area (Å²) in [5.74, 6) is 0.243. The maximum absolute atomic E-state index is 10.6. The molecule has 4 N–H and O–H groups in total. The second kappa shape index (κ2) is 8.42. The molecule has 0 radical (unpaired) electrons. The third-order valence-electron chi connectivity index (χ3n) is 5.18. The molecule has 0 bridgehead atoms. The van der Waals surface area contributed by atoms with Crippen LogP contribution in [0.1, 0.15) is 37.7 Å². The highest BCUT2D eigenvalue weighted by atomic mass is 16.6. The number of hydrogen-bond acceptors (Lipinski definition) is 8. The Labute approximate surface area is 168 Å². The van der Waals surface area contributed by atoms with Crippen LogP contribution in [0.2, 0.25) is 0 Å². The van der Waals surface area contributed by atoms with Gasteiger partial charge >= 0.3 is 0 Å². The first-order valence-corrected chi connectivity index (χ1v) is 9.71. The summed E-state index contributed by atoms with van der Waals surface area (Å²) in [6.45, 7) is 2.25. The normalized spacial score (nSPS) is 25.5. The molecule has 29 heavy (non-hydrogen) atoms. The van der Waals surface area contributed by atoms with Gasteiger partial charge in [0.2, 0.25) is 0 Å². The number of fused-ring (bicyclic) bond motifs is 1. The first-order valence-electron chi connectivity index (χ1n) is 9.71. The Morgan fingerprint density at radius 2 is 1.97 bits per heavy atom. The van der Waals surface area contributed by atoms with Gasteiger partial charge in [0.25, 0.3) is 0 Å².